The highest BCUT2D eigenvalue weighted by atomic mass is 32.2. The van der Waals surface area contributed by atoms with E-state index >= 15 is 0 Å². The van der Waals surface area contributed by atoms with Crippen LogP contribution in [0.15, 0.2) is 71.6 Å². The molecule has 5 heteroatoms. The molecule has 26 heavy (non-hydrogen) atoms. The Labute approximate surface area is 157 Å². The molecule has 2 amide bonds. The van der Waals surface area contributed by atoms with Gasteiger partial charge in [-0.05, 0) is 35.4 Å². The largest absolute Gasteiger partial charge is 0.273 e. The van der Waals surface area contributed by atoms with Gasteiger partial charge >= 0.3 is 0 Å². The predicted molar refractivity (Wildman–Crippen MR) is 106 cm³/mol. The van der Waals surface area contributed by atoms with Gasteiger partial charge < -0.3 is 0 Å². The number of amides is 2. The highest BCUT2D eigenvalue weighted by Gasteiger charge is 2.08. The summed E-state index contributed by atoms with van der Waals surface area (Å²) in [7, 11) is 0. The molecule has 0 aromatic heterocycles. The average Bonchev–Trinajstić information content (AvgIpc) is 2.66. The monoisotopic (exact) mass is 364 g/mol. The lowest BCUT2D eigenvalue weighted by atomic mass is 10.0. The van der Waals surface area contributed by atoms with Crippen molar-refractivity contribution in [2.75, 3.05) is 5.75 Å². The molecular weight excluding hydrogens is 344 g/mol. The molecule has 0 aliphatic carbocycles. The van der Waals surface area contributed by atoms with E-state index in [1.54, 1.807) is 0 Å². The summed E-state index contributed by atoms with van der Waals surface area (Å²) < 4.78 is 0. The van der Waals surface area contributed by atoms with Crippen molar-refractivity contribution in [3.05, 3.63) is 77.9 Å². The molecule has 3 aromatic carbocycles. The molecule has 0 radical (unpaired) electrons. The molecule has 0 saturated carbocycles. The number of hydrogen-bond donors (Lipinski definition) is 2. The maximum atomic E-state index is 12.1. The Balaban J connectivity index is 1.49. The number of rotatable bonds is 5. The van der Waals surface area contributed by atoms with Crippen molar-refractivity contribution in [2.24, 2.45) is 0 Å². The van der Waals surface area contributed by atoms with Gasteiger partial charge in [0.15, 0.2) is 0 Å². The number of benzene rings is 3. The zero-order valence-corrected chi connectivity index (χ0v) is 15.3. The summed E-state index contributed by atoms with van der Waals surface area (Å²) in [6, 6.07) is 21.8. The van der Waals surface area contributed by atoms with Gasteiger partial charge in [0, 0.05) is 4.90 Å². The number of hydrogen-bond acceptors (Lipinski definition) is 3. The van der Waals surface area contributed by atoms with E-state index in [9.17, 15) is 9.59 Å². The zero-order valence-electron chi connectivity index (χ0n) is 14.5. The van der Waals surface area contributed by atoms with Crippen molar-refractivity contribution >= 4 is 34.3 Å². The predicted octanol–water partition coefficient (Wildman–Crippen LogP) is 3.63. The van der Waals surface area contributed by atoms with Crippen molar-refractivity contribution in [3.8, 4) is 0 Å². The summed E-state index contributed by atoms with van der Waals surface area (Å²) in [6.07, 6.45) is 0.215. The molecule has 3 rings (SSSR count). The molecule has 0 heterocycles. The van der Waals surface area contributed by atoms with E-state index < -0.39 is 0 Å². The minimum atomic E-state index is -0.241. The first kappa shape index (κ1) is 18.0. The van der Waals surface area contributed by atoms with Crippen LogP contribution in [0.2, 0.25) is 0 Å². The van der Waals surface area contributed by atoms with Gasteiger partial charge in [-0.2, -0.15) is 0 Å². The standard InChI is InChI=1S/C21H20N2O2S/c1-15-9-11-18(12-10-15)26-14-21(25)23-22-20(24)13-17-7-4-6-16-5-2-3-8-19(16)17/h2-12H,13-14H2,1H3,(H,22,24)(H,23,25). The van der Waals surface area contributed by atoms with Crippen LogP contribution in [-0.2, 0) is 16.0 Å². The molecule has 3 aromatic rings. The lowest BCUT2D eigenvalue weighted by Crippen LogP contribution is -2.43. The summed E-state index contributed by atoms with van der Waals surface area (Å²) in [5.74, 6) is -0.227. The third-order valence-electron chi connectivity index (χ3n) is 3.96. The van der Waals surface area contributed by atoms with E-state index in [-0.39, 0.29) is 24.0 Å². The van der Waals surface area contributed by atoms with Gasteiger partial charge in [-0.25, -0.2) is 0 Å². The van der Waals surface area contributed by atoms with Crippen LogP contribution < -0.4 is 10.9 Å². The SMILES string of the molecule is Cc1ccc(SCC(=O)NNC(=O)Cc2cccc3ccccc23)cc1. The first-order chi connectivity index (χ1) is 12.6. The summed E-state index contributed by atoms with van der Waals surface area (Å²) >= 11 is 1.43. The number of carbonyl (C=O) groups excluding carboxylic acids is 2. The molecule has 0 fully saturated rings. The van der Waals surface area contributed by atoms with E-state index in [0.29, 0.717) is 0 Å². The molecule has 0 spiro atoms. The number of thioether (sulfide) groups is 1. The highest BCUT2D eigenvalue weighted by Crippen LogP contribution is 2.19. The van der Waals surface area contributed by atoms with E-state index in [1.165, 1.54) is 17.3 Å². The number of aryl methyl sites for hydroxylation is 1. The van der Waals surface area contributed by atoms with Gasteiger partial charge in [0.2, 0.25) is 11.8 Å². The van der Waals surface area contributed by atoms with Crippen LogP contribution in [-0.4, -0.2) is 17.6 Å². The van der Waals surface area contributed by atoms with Crippen LogP contribution in [0.5, 0.6) is 0 Å². The Morgan fingerprint density at radius 2 is 1.54 bits per heavy atom. The van der Waals surface area contributed by atoms with Crippen LogP contribution in [0, 0.1) is 6.92 Å². The number of hydrazine groups is 1. The highest BCUT2D eigenvalue weighted by molar-refractivity contribution is 8.00. The van der Waals surface area contributed by atoms with E-state index in [1.807, 2.05) is 73.7 Å². The second-order valence-electron chi connectivity index (χ2n) is 6.01. The molecule has 132 valence electrons. The van der Waals surface area contributed by atoms with Gasteiger partial charge in [0.1, 0.15) is 0 Å². The third-order valence-corrected chi connectivity index (χ3v) is 4.98. The molecule has 0 aliphatic heterocycles. The smallest absolute Gasteiger partial charge is 0.248 e. The van der Waals surface area contributed by atoms with Crippen molar-refractivity contribution < 1.29 is 9.59 Å². The summed E-state index contributed by atoms with van der Waals surface area (Å²) in [5, 5.41) is 2.14. The fraction of sp³-hybridized carbons (Fsp3) is 0.143. The number of carbonyl (C=O) groups is 2. The fourth-order valence-corrected chi connectivity index (χ4v) is 3.32. The summed E-state index contributed by atoms with van der Waals surface area (Å²) in [6.45, 7) is 2.02. The van der Waals surface area contributed by atoms with E-state index in [4.69, 9.17) is 0 Å². The minimum Gasteiger partial charge on any atom is -0.273 e. The molecule has 0 aliphatic rings. The van der Waals surface area contributed by atoms with E-state index in [0.717, 1.165) is 21.2 Å². The topological polar surface area (TPSA) is 58.2 Å². The van der Waals surface area contributed by atoms with Crippen molar-refractivity contribution in [3.63, 3.8) is 0 Å². The Bertz CT molecular complexity index is 917. The molecular formula is C21H20N2O2S. The van der Waals surface area contributed by atoms with Gasteiger partial charge in [-0.1, -0.05) is 60.2 Å². The second-order valence-corrected chi connectivity index (χ2v) is 7.06. The molecule has 0 bridgehead atoms. The summed E-state index contributed by atoms with van der Waals surface area (Å²) in [5.41, 5.74) is 7.08. The quantitative estimate of drug-likeness (QED) is 0.537. The normalized spacial score (nSPS) is 10.5. The third kappa shape index (κ3) is 4.86. The maximum absolute atomic E-state index is 12.1. The minimum absolute atomic E-state index is 0.215. The molecule has 0 atom stereocenters. The zero-order chi connectivity index (χ0) is 18.4. The van der Waals surface area contributed by atoms with Crippen LogP contribution in [0.25, 0.3) is 10.8 Å². The van der Waals surface area contributed by atoms with Crippen LogP contribution in [0.3, 0.4) is 0 Å². The Hall–Kier alpha value is -2.79. The Morgan fingerprint density at radius 1 is 0.846 bits per heavy atom. The molecule has 0 unspecified atom stereocenters. The van der Waals surface area contributed by atoms with Crippen LogP contribution in [0.1, 0.15) is 11.1 Å². The van der Waals surface area contributed by atoms with Gasteiger partial charge in [0.05, 0.1) is 12.2 Å². The molecule has 0 saturated heterocycles. The Morgan fingerprint density at radius 3 is 2.35 bits per heavy atom. The number of nitrogens with one attached hydrogen (secondary N) is 2. The second kappa shape index (κ2) is 8.54. The van der Waals surface area contributed by atoms with Gasteiger partial charge in [0.25, 0.3) is 0 Å². The van der Waals surface area contributed by atoms with Crippen molar-refractivity contribution in [2.45, 2.75) is 18.2 Å². The fourth-order valence-electron chi connectivity index (χ4n) is 2.62. The average molecular weight is 364 g/mol. The number of fused-ring (bicyclic) bond motifs is 1. The Kier molecular flexibility index (Phi) is 5.92. The van der Waals surface area contributed by atoms with Crippen molar-refractivity contribution in [1.82, 2.24) is 10.9 Å². The van der Waals surface area contributed by atoms with Crippen LogP contribution in [0.4, 0.5) is 0 Å². The molecule has 4 nitrogen and oxygen atoms in total. The van der Waals surface area contributed by atoms with Crippen molar-refractivity contribution in [1.29, 1.82) is 0 Å². The van der Waals surface area contributed by atoms with Crippen LogP contribution >= 0.6 is 11.8 Å². The van der Waals surface area contributed by atoms with E-state index in [2.05, 4.69) is 10.9 Å². The first-order valence-corrected chi connectivity index (χ1v) is 9.34. The summed E-state index contributed by atoms with van der Waals surface area (Å²) in [4.78, 5) is 25.1. The molecule has 2 N–H and O–H groups in total. The van der Waals surface area contributed by atoms with Gasteiger partial charge in [-0.15, -0.1) is 11.8 Å². The first-order valence-electron chi connectivity index (χ1n) is 8.35. The van der Waals surface area contributed by atoms with Gasteiger partial charge in [-0.3, -0.25) is 20.4 Å². The maximum Gasteiger partial charge on any atom is 0.248 e. The lowest BCUT2D eigenvalue weighted by Gasteiger charge is -2.09. The lowest BCUT2D eigenvalue weighted by molar-refractivity contribution is -0.127.